The van der Waals surface area contributed by atoms with Gasteiger partial charge in [-0.2, -0.15) is 0 Å². The molecule has 0 aliphatic heterocycles. The fraction of sp³-hybridized carbons (Fsp3) is 0.0769. The first-order chi connectivity index (χ1) is 20.6. The van der Waals surface area contributed by atoms with Crippen LogP contribution in [0.25, 0.3) is 80.7 Å². The Balaban J connectivity index is 1.27. The number of hydrogen-bond donors (Lipinski definition) is 0. The highest BCUT2D eigenvalue weighted by atomic mass is 32.1. The molecule has 3 heteroatoms. The topological polar surface area (TPSA) is 18.1 Å². The van der Waals surface area contributed by atoms with Crippen molar-refractivity contribution in [3.05, 3.63) is 127 Å². The molecule has 0 fully saturated rings. The van der Waals surface area contributed by atoms with E-state index in [1.54, 1.807) is 0 Å². The number of hydrogen-bond acceptors (Lipinski definition) is 2. The second kappa shape index (κ2) is 8.82. The van der Waals surface area contributed by atoms with E-state index in [0.29, 0.717) is 5.92 Å². The van der Waals surface area contributed by atoms with E-state index >= 15 is 0 Å². The van der Waals surface area contributed by atoms with Gasteiger partial charge in [0.15, 0.2) is 0 Å². The average molecular weight is 558 g/mol. The summed E-state index contributed by atoms with van der Waals surface area (Å²) in [6.45, 7) is 4.54. The fourth-order valence-electron chi connectivity index (χ4n) is 6.63. The van der Waals surface area contributed by atoms with Crippen molar-refractivity contribution in [1.82, 2.24) is 4.57 Å². The van der Waals surface area contributed by atoms with Gasteiger partial charge in [0.2, 0.25) is 0 Å². The van der Waals surface area contributed by atoms with Crippen LogP contribution in [0.4, 0.5) is 0 Å². The standard InChI is InChI=1S/C39H27NOS/c1-23(2)25-13-19-34-32(21-25)30-17-18-31-29-8-4-6-10-37(29)42-39(31)38(30)40(34)27-15-11-24(12-16-27)26-14-20-36-33(22-26)28-7-3-5-9-35(28)41-36/h3-23H,1-2H3. The van der Waals surface area contributed by atoms with Crippen molar-refractivity contribution in [2.75, 3.05) is 0 Å². The zero-order chi connectivity index (χ0) is 27.9. The van der Waals surface area contributed by atoms with Gasteiger partial charge in [0.05, 0.1) is 15.7 Å². The van der Waals surface area contributed by atoms with E-state index in [0.717, 1.165) is 21.9 Å². The third-order valence-electron chi connectivity index (χ3n) is 8.80. The highest BCUT2D eigenvalue weighted by molar-refractivity contribution is 7.26. The normalized spacial score (nSPS) is 12.3. The second-order valence-electron chi connectivity index (χ2n) is 11.6. The molecule has 0 saturated carbocycles. The van der Waals surface area contributed by atoms with E-state index < -0.39 is 0 Å². The van der Waals surface area contributed by atoms with Crippen LogP contribution in [-0.2, 0) is 0 Å². The zero-order valence-corrected chi connectivity index (χ0v) is 24.2. The summed E-state index contributed by atoms with van der Waals surface area (Å²) < 4.78 is 11.2. The van der Waals surface area contributed by atoms with Gasteiger partial charge in [-0.05, 0) is 71.1 Å². The lowest BCUT2D eigenvalue weighted by Crippen LogP contribution is -1.94. The average Bonchev–Trinajstić information content (AvgIpc) is 3.70. The predicted molar refractivity (Wildman–Crippen MR) is 180 cm³/mol. The molecule has 42 heavy (non-hydrogen) atoms. The van der Waals surface area contributed by atoms with Gasteiger partial charge in [0, 0.05) is 42.7 Å². The van der Waals surface area contributed by atoms with Crippen LogP contribution in [0.2, 0.25) is 0 Å². The van der Waals surface area contributed by atoms with Crippen molar-refractivity contribution in [2.24, 2.45) is 0 Å². The van der Waals surface area contributed by atoms with Crippen LogP contribution in [-0.4, -0.2) is 4.57 Å². The molecule has 0 atom stereocenters. The molecule has 0 N–H and O–H groups in total. The first-order valence-corrected chi connectivity index (χ1v) is 15.4. The molecule has 6 aromatic carbocycles. The van der Waals surface area contributed by atoms with Crippen LogP contribution in [0.5, 0.6) is 0 Å². The zero-order valence-electron chi connectivity index (χ0n) is 23.4. The maximum absolute atomic E-state index is 6.07. The maximum Gasteiger partial charge on any atom is 0.135 e. The number of para-hydroxylation sites is 1. The molecule has 0 aliphatic rings. The van der Waals surface area contributed by atoms with Gasteiger partial charge in [-0.25, -0.2) is 0 Å². The minimum absolute atomic E-state index is 0.477. The molecule has 3 heterocycles. The van der Waals surface area contributed by atoms with Gasteiger partial charge >= 0.3 is 0 Å². The van der Waals surface area contributed by atoms with Crippen molar-refractivity contribution in [2.45, 2.75) is 19.8 Å². The van der Waals surface area contributed by atoms with Gasteiger partial charge in [-0.1, -0.05) is 86.6 Å². The molecule has 0 radical (unpaired) electrons. The molecule has 3 aromatic heterocycles. The molecule has 0 unspecified atom stereocenters. The Bertz CT molecular complexity index is 2490. The molecule has 0 aliphatic carbocycles. The SMILES string of the molecule is CC(C)c1ccc2c(c1)c1ccc3c4ccccc4sc3c1n2-c1ccc(-c2ccc3oc4ccccc4c3c2)cc1. The minimum Gasteiger partial charge on any atom is -0.456 e. The summed E-state index contributed by atoms with van der Waals surface area (Å²) in [6, 6.07) is 44.3. The number of furan rings is 1. The summed E-state index contributed by atoms with van der Waals surface area (Å²) in [4.78, 5) is 0. The second-order valence-corrected chi connectivity index (χ2v) is 12.6. The molecular weight excluding hydrogens is 531 g/mol. The monoisotopic (exact) mass is 557 g/mol. The van der Waals surface area contributed by atoms with E-state index in [-0.39, 0.29) is 0 Å². The molecule has 0 amide bonds. The highest BCUT2D eigenvalue weighted by Crippen LogP contribution is 2.43. The Kier molecular flexibility index (Phi) is 5.00. The number of thiophene rings is 1. The van der Waals surface area contributed by atoms with E-state index in [4.69, 9.17) is 4.42 Å². The lowest BCUT2D eigenvalue weighted by molar-refractivity contribution is 0.669. The van der Waals surface area contributed by atoms with Crippen LogP contribution in [0.1, 0.15) is 25.3 Å². The van der Waals surface area contributed by atoms with Crippen molar-refractivity contribution in [1.29, 1.82) is 0 Å². The molecule has 0 spiro atoms. The summed E-state index contributed by atoms with van der Waals surface area (Å²) >= 11 is 1.90. The summed E-state index contributed by atoms with van der Waals surface area (Å²) in [7, 11) is 0. The number of fused-ring (bicyclic) bond motifs is 10. The first-order valence-electron chi connectivity index (χ1n) is 14.5. The number of rotatable bonds is 3. The van der Waals surface area contributed by atoms with Crippen LogP contribution >= 0.6 is 11.3 Å². The molecule has 0 bridgehead atoms. The van der Waals surface area contributed by atoms with Crippen molar-refractivity contribution in [3.8, 4) is 16.8 Å². The molecular formula is C39H27NOS. The van der Waals surface area contributed by atoms with Crippen LogP contribution < -0.4 is 0 Å². The summed E-state index contributed by atoms with van der Waals surface area (Å²) in [5.74, 6) is 0.477. The first kappa shape index (κ1) is 23.8. The molecule has 9 aromatic rings. The van der Waals surface area contributed by atoms with E-state index in [1.807, 2.05) is 23.5 Å². The Labute approximate surface area is 247 Å². The summed E-state index contributed by atoms with van der Waals surface area (Å²) in [6.07, 6.45) is 0. The Morgan fingerprint density at radius 1 is 0.571 bits per heavy atom. The summed E-state index contributed by atoms with van der Waals surface area (Å²) in [5, 5.41) is 7.60. The smallest absolute Gasteiger partial charge is 0.135 e. The van der Waals surface area contributed by atoms with Crippen LogP contribution in [0.3, 0.4) is 0 Å². The third-order valence-corrected chi connectivity index (χ3v) is 9.99. The Hall–Kier alpha value is -4.86. The van der Waals surface area contributed by atoms with Gasteiger partial charge < -0.3 is 8.98 Å². The predicted octanol–water partition coefficient (Wildman–Crippen LogP) is 11.8. The third kappa shape index (κ3) is 3.38. The molecule has 9 rings (SSSR count). The fourth-order valence-corrected chi connectivity index (χ4v) is 7.88. The highest BCUT2D eigenvalue weighted by Gasteiger charge is 2.19. The molecule has 200 valence electrons. The van der Waals surface area contributed by atoms with Gasteiger partial charge in [-0.3, -0.25) is 0 Å². The number of nitrogens with zero attached hydrogens (tertiary/aromatic N) is 1. The number of aromatic nitrogens is 1. The largest absolute Gasteiger partial charge is 0.456 e. The van der Waals surface area contributed by atoms with Crippen LogP contribution in [0, 0.1) is 0 Å². The number of benzene rings is 6. The lowest BCUT2D eigenvalue weighted by atomic mass is 10.0. The van der Waals surface area contributed by atoms with E-state index in [1.165, 1.54) is 64.4 Å². The quantitative estimate of drug-likeness (QED) is 0.211. The van der Waals surface area contributed by atoms with Crippen molar-refractivity contribution in [3.63, 3.8) is 0 Å². The lowest BCUT2D eigenvalue weighted by Gasteiger charge is -2.11. The van der Waals surface area contributed by atoms with Gasteiger partial charge in [-0.15, -0.1) is 11.3 Å². The Morgan fingerprint density at radius 3 is 2.17 bits per heavy atom. The summed E-state index contributed by atoms with van der Waals surface area (Å²) in [5.41, 5.74) is 9.33. The van der Waals surface area contributed by atoms with Crippen LogP contribution in [0.15, 0.2) is 126 Å². The molecule has 0 saturated heterocycles. The Morgan fingerprint density at radius 2 is 1.31 bits per heavy atom. The minimum atomic E-state index is 0.477. The van der Waals surface area contributed by atoms with Crippen molar-refractivity contribution >= 4 is 75.3 Å². The van der Waals surface area contributed by atoms with Gasteiger partial charge in [0.1, 0.15) is 11.2 Å². The molecule has 2 nitrogen and oxygen atoms in total. The van der Waals surface area contributed by atoms with Gasteiger partial charge in [0.25, 0.3) is 0 Å². The van der Waals surface area contributed by atoms with Crippen molar-refractivity contribution < 1.29 is 4.42 Å². The maximum atomic E-state index is 6.07. The van der Waals surface area contributed by atoms with E-state index in [2.05, 4.69) is 128 Å². The van der Waals surface area contributed by atoms with E-state index in [9.17, 15) is 0 Å².